The molecule has 1 saturated carbocycles. The number of nitrogens with zero attached hydrogens (tertiary/aromatic N) is 5. The first kappa shape index (κ1) is 13.9. The Kier molecular flexibility index (Phi) is 3.75. The second-order valence-corrected chi connectivity index (χ2v) is 5.73. The van der Waals surface area contributed by atoms with E-state index in [1.165, 1.54) is 12.8 Å². The Labute approximate surface area is 133 Å². The second-order valence-electron chi connectivity index (χ2n) is 5.73. The van der Waals surface area contributed by atoms with Gasteiger partial charge in [0.2, 0.25) is 0 Å². The topological polar surface area (TPSA) is 77.2 Å². The lowest BCUT2D eigenvalue weighted by atomic mass is 10.2. The molecule has 0 radical (unpaired) electrons. The third-order valence-corrected chi connectivity index (χ3v) is 4.14. The Balaban J connectivity index is 1.51. The molecule has 1 aromatic carbocycles. The van der Waals surface area contributed by atoms with Crippen LogP contribution in [-0.4, -0.2) is 31.1 Å². The minimum absolute atomic E-state index is 0.348. The summed E-state index contributed by atoms with van der Waals surface area (Å²) in [4.78, 5) is 4.15. The van der Waals surface area contributed by atoms with Gasteiger partial charge in [0.25, 0.3) is 0 Å². The smallest absolute Gasteiger partial charge is 0.199 e. The summed E-state index contributed by atoms with van der Waals surface area (Å²) in [6.07, 6.45) is 8.51. The van der Waals surface area contributed by atoms with Crippen molar-refractivity contribution in [3.63, 3.8) is 0 Å². The minimum atomic E-state index is 0.348. The Morgan fingerprint density at radius 1 is 1.17 bits per heavy atom. The monoisotopic (exact) mass is 310 g/mol. The van der Waals surface area contributed by atoms with Crippen molar-refractivity contribution in [1.29, 1.82) is 0 Å². The summed E-state index contributed by atoms with van der Waals surface area (Å²) in [5, 5.41) is 14.8. The van der Waals surface area contributed by atoms with Crippen LogP contribution in [0.4, 0.5) is 5.82 Å². The van der Waals surface area contributed by atoms with Gasteiger partial charge in [0.1, 0.15) is 5.75 Å². The minimum Gasteiger partial charge on any atom is -0.490 e. The van der Waals surface area contributed by atoms with Gasteiger partial charge >= 0.3 is 0 Å². The van der Waals surface area contributed by atoms with Crippen molar-refractivity contribution in [3.05, 3.63) is 42.2 Å². The van der Waals surface area contributed by atoms with Crippen LogP contribution in [0, 0.1) is 0 Å². The van der Waals surface area contributed by atoms with E-state index in [2.05, 4.69) is 31.9 Å². The average molecular weight is 310 g/mol. The zero-order valence-corrected chi connectivity index (χ0v) is 12.7. The molecule has 3 aromatic rings. The highest BCUT2D eigenvalue weighted by atomic mass is 16.5. The number of tetrazole rings is 1. The van der Waals surface area contributed by atoms with Crippen molar-refractivity contribution in [2.75, 3.05) is 5.32 Å². The van der Waals surface area contributed by atoms with Gasteiger partial charge in [0.05, 0.1) is 18.5 Å². The lowest BCUT2D eigenvalue weighted by Crippen LogP contribution is -2.13. The summed E-state index contributed by atoms with van der Waals surface area (Å²) in [5.41, 5.74) is 1.73. The summed E-state index contributed by atoms with van der Waals surface area (Å²) in [5.74, 6) is 1.70. The molecular weight excluding hydrogens is 292 g/mol. The molecule has 1 N–H and O–H groups in total. The van der Waals surface area contributed by atoms with Crippen LogP contribution in [0.15, 0.2) is 36.7 Å². The Morgan fingerprint density at radius 2 is 2.04 bits per heavy atom. The number of benzene rings is 1. The van der Waals surface area contributed by atoms with E-state index in [0.29, 0.717) is 18.3 Å². The van der Waals surface area contributed by atoms with Gasteiger partial charge in [0.15, 0.2) is 11.5 Å². The van der Waals surface area contributed by atoms with E-state index in [9.17, 15) is 0 Å². The van der Waals surface area contributed by atoms with Crippen LogP contribution in [0.5, 0.6) is 5.75 Å². The molecule has 1 fully saturated rings. The van der Waals surface area contributed by atoms with Crippen molar-refractivity contribution < 1.29 is 4.74 Å². The number of aromatic nitrogens is 5. The van der Waals surface area contributed by atoms with E-state index in [1.54, 1.807) is 16.9 Å². The predicted molar refractivity (Wildman–Crippen MR) is 85.2 cm³/mol. The normalized spacial score (nSPS) is 15.1. The maximum atomic E-state index is 6.16. The fraction of sp³-hybridized carbons (Fsp3) is 0.375. The van der Waals surface area contributed by atoms with Crippen molar-refractivity contribution in [2.24, 2.45) is 0 Å². The standard InChI is InChI=1S/C16H18N6O/c1-4-8-14(23-13-6-2-3-7-13)12(5-1)9-18-15-10-17-11-16-19-20-21-22(15)16/h1,4-5,8,10-11,13,18H,2-3,6-7,9H2. The van der Waals surface area contributed by atoms with Crippen molar-refractivity contribution in [1.82, 2.24) is 25.0 Å². The molecule has 1 aliphatic carbocycles. The number of para-hydroxylation sites is 1. The Morgan fingerprint density at radius 3 is 2.96 bits per heavy atom. The summed E-state index contributed by atoms with van der Waals surface area (Å²) < 4.78 is 7.80. The maximum Gasteiger partial charge on any atom is 0.199 e. The van der Waals surface area contributed by atoms with E-state index in [1.807, 2.05) is 18.2 Å². The molecule has 0 atom stereocenters. The van der Waals surface area contributed by atoms with Crippen LogP contribution >= 0.6 is 0 Å². The highest BCUT2D eigenvalue weighted by molar-refractivity contribution is 5.45. The van der Waals surface area contributed by atoms with E-state index < -0.39 is 0 Å². The quantitative estimate of drug-likeness (QED) is 0.780. The summed E-state index contributed by atoms with van der Waals surface area (Å²) in [6, 6.07) is 8.14. The van der Waals surface area contributed by atoms with E-state index >= 15 is 0 Å². The second kappa shape index (κ2) is 6.20. The maximum absolute atomic E-state index is 6.16. The first-order chi connectivity index (χ1) is 11.4. The summed E-state index contributed by atoms with van der Waals surface area (Å²) in [7, 11) is 0. The molecule has 2 heterocycles. The van der Waals surface area contributed by atoms with Gasteiger partial charge in [-0.25, -0.2) is 0 Å². The van der Waals surface area contributed by atoms with Gasteiger partial charge in [-0.3, -0.25) is 4.98 Å². The summed E-state index contributed by atoms with van der Waals surface area (Å²) in [6.45, 7) is 0.629. The third-order valence-electron chi connectivity index (χ3n) is 4.14. The van der Waals surface area contributed by atoms with Gasteiger partial charge in [-0.05, 0) is 42.2 Å². The van der Waals surface area contributed by atoms with Crippen LogP contribution in [-0.2, 0) is 6.54 Å². The zero-order chi connectivity index (χ0) is 15.5. The third kappa shape index (κ3) is 2.94. The number of anilines is 1. The molecule has 7 nitrogen and oxygen atoms in total. The van der Waals surface area contributed by atoms with Crippen LogP contribution in [0.3, 0.4) is 0 Å². The van der Waals surface area contributed by atoms with Gasteiger partial charge < -0.3 is 10.1 Å². The van der Waals surface area contributed by atoms with Gasteiger partial charge in [-0.1, -0.05) is 18.2 Å². The van der Waals surface area contributed by atoms with Crippen molar-refractivity contribution in [3.8, 4) is 5.75 Å². The first-order valence-electron chi connectivity index (χ1n) is 7.91. The molecule has 4 rings (SSSR count). The van der Waals surface area contributed by atoms with Gasteiger partial charge in [-0.15, -0.1) is 5.10 Å². The highest BCUT2D eigenvalue weighted by Gasteiger charge is 2.17. The van der Waals surface area contributed by atoms with Gasteiger partial charge in [0, 0.05) is 12.1 Å². The molecule has 0 aliphatic heterocycles. The Hall–Kier alpha value is -2.70. The number of nitrogens with one attached hydrogen (secondary N) is 1. The molecule has 2 aromatic heterocycles. The fourth-order valence-corrected chi connectivity index (χ4v) is 2.93. The van der Waals surface area contributed by atoms with Crippen molar-refractivity contribution in [2.45, 2.75) is 38.3 Å². The SMILES string of the molecule is c1ccc(OC2CCCC2)c(CNc2cncc3nnnn23)c1. The molecule has 0 saturated heterocycles. The van der Waals surface area contributed by atoms with Crippen LogP contribution in [0.1, 0.15) is 31.2 Å². The molecule has 7 heteroatoms. The number of fused-ring (bicyclic) bond motifs is 1. The van der Waals surface area contributed by atoms with Gasteiger partial charge in [-0.2, -0.15) is 4.52 Å². The number of hydrogen-bond donors (Lipinski definition) is 1. The molecule has 0 spiro atoms. The average Bonchev–Trinajstić information content (AvgIpc) is 3.25. The molecular formula is C16H18N6O. The largest absolute Gasteiger partial charge is 0.490 e. The molecule has 0 bridgehead atoms. The van der Waals surface area contributed by atoms with Crippen LogP contribution in [0.2, 0.25) is 0 Å². The molecule has 1 aliphatic rings. The predicted octanol–water partition coefficient (Wildman–Crippen LogP) is 2.45. The Bertz CT molecular complexity index is 796. The highest BCUT2D eigenvalue weighted by Crippen LogP contribution is 2.27. The molecule has 23 heavy (non-hydrogen) atoms. The lowest BCUT2D eigenvalue weighted by Gasteiger charge is -2.17. The van der Waals surface area contributed by atoms with Crippen molar-refractivity contribution >= 4 is 11.5 Å². The number of rotatable bonds is 5. The van der Waals surface area contributed by atoms with E-state index in [4.69, 9.17) is 4.74 Å². The molecule has 0 unspecified atom stereocenters. The number of ether oxygens (including phenoxy) is 1. The molecule has 0 amide bonds. The van der Waals surface area contributed by atoms with E-state index in [-0.39, 0.29) is 0 Å². The van der Waals surface area contributed by atoms with Crippen LogP contribution < -0.4 is 10.1 Å². The van der Waals surface area contributed by atoms with Crippen LogP contribution in [0.25, 0.3) is 5.65 Å². The molecule has 118 valence electrons. The zero-order valence-electron chi connectivity index (χ0n) is 12.7. The number of hydrogen-bond acceptors (Lipinski definition) is 6. The fourth-order valence-electron chi connectivity index (χ4n) is 2.93. The summed E-state index contributed by atoms with van der Waals surface area (Å²) >= 11 is 0. The first-order valence-corrected chi connectivity index (χ1v) is 7.91. The van der Waals surface area contributed by atoms with E-state index in [0.717, 1.165) is 30.0 Å². The lowest BCUT2D eigenvalue weighted by molar-refractivity contribution is 0.208.